The molecule has 0 aromatic heterocycles. The third-order valence-corrected chi connectivity index (χ3v) is 6.17. The van der Waals surface area contributed by atoms with Crippen LogP contribution in [0, 0.1) is 5.92 Å². The van der Waals surface area contributed by atoms with Gasteiger partial charge in [0.05, 0.1) is 24.3 Å². The van der Waals surface area contributed by atoms with Crippen molar-refractivity contribution in [3.8, 4) is 5.75 Å². The summed E-state index contributed by atoms with van der Waals surface area (Å²) in [5.41, 5.74) is 0.341. The maximum atomic E-state index is 13.2. The minimum atomic E-state index is -4.28. The molecule has 0 spiro atoms. The van der Waals surface area contributed by atoms with Crippen LogP contribution in [0.3, 0.4) is 0 Å². The van der Waals surface area contributed by atoms with Gasteiger partial charge >= 0.3 is 6.18 Å². The monoisotopic (exact) mass is 495 g/mol. The smallest absolute Gasteiger partial charge is 0.390 e. The largest absolute Gasteiger partial charge is 0.491 e. The molecule has 1 aromatic rings. The van der Waals surface area contributed by atoms with Crippen LogP contribution in [0.25, 0.3) is 0 Å². The first kappa shape index (κ1) is 27.2. The number of alkyl halides is 3. The van der Waals surface area contributed by atoms with Gasteiger partial charge in [-0.1, -0.05) is 6.92 Å². The second-order valence-electron chi connectivity index (χ2n) is 8.54. The maximum absolute atomic E-state index is 13.2. The van der Waals surface area contributed by atoms with E-state index in [1.165, 1.54) is 30.2 Å². The van der Waals surface area contributed by atoms with Crippen LogP contribution in [0.1, 0.15) is 30.6 Å². The molecule has 12 heteroatoms. The zero-order valence-electron chi connectivity index (χ0n) is 19.5. The van der Waals surface area contributed by atoms with E-state index in [-0.39, 0.29) is 48.7 Å². The highest BCUT2D eigenvalue weighted by Crippen LogP contribution is 2.27. The molecule has 2 rings (SSSR count). The number of likely N-dealkylation sites (N-methyl/N-ethyl adjacent to an activating group) is 1. The first-order valence-corrected chi connectivity index (χ1v) is 12.4. The molecule has 0 bridgehead atoms. The fraction of sp³-hybridized carbons (Fsp3) is 0.667. The summed E-state index contributed by atoms with van der Waals surface area (Å²) in [5.74, 6) is -0.340. The highest BCUT2D eigenvalue weighted by atomic mass is 32.2. The second-order valence-corrected chi connectivity index (χ2v) is 10.3. The number of hydrogen-bond donors (Lipinski definition) is 1. The Bertz CT molecular complexity index is 926. The van der Waals surface area contributed by atoms with Gasteiger partial charge in [-0.15, -0.1) is 0 Å². The number of rotatable bonds is 5. The first-order valence-electron chi connectivity index (χ1n) is 10.5. The van der Waals surface area contributed by atoms with E-state index < -0.39 is 34.6 Å². The summed E-state index contributed by atoms with van der Waals surface area (Å²) in [5, 5.41) is 0. The number of sulfonamides is 1. The summed E-state index contributed by atoms with van der Waals surface area (Å²) in [6.07, 6.45) is -4.65. The van der Waals surface area contributed by atoms with Crippen LogP contribution >= 0.6 is 0 Å². The van der Waals surface area contributed by atoms with Crippen molar-refractivity contribution in [1.82, 2.24) is 9.80 Å². The number of halogens is 3. The van der Waals surface area contributed by atoms with Crippen molar-refractivity contribution in [1.29, 1.82) is 0 Å². The molecule has 1 heterocycles. The van der Waals surface area contributed by atoms with Crippen LogP contribution in [0.4, 0.5) is 18.9 Å². The molecule has 3 atom stereocenters. The Kier molecular flexibility index (Phi) is 9.00. The van der Waals surface area contributed by atoms with Gasteiger partial charge in [-0.3, -0.25) is 14.4 Å². The van der Waals surface area contributed by atoms with Crippen LogP contribution in [-0.4, -0.2) is 89.1 Å². The molecule has 1 aliphatic heterocycles. The van der Waals surface area contributed by atoms with Crippen molar-refractivity contribution in [2.75, 3.05) is 51.4 Å². The van der Waals surface area contributed by atoms with Crippen LogP contribution in [-0.2, 0) is 14.8 Å². The van der Waals surface area contributed by atoms with Gasteiger partial charge in [0.2, 0.25) is 10.0 Å². The number of carbonyl (C=O) groups excluding carboxylic acids is 1. The minimum absolute atomic E-state index is 0.0467. The second kappa shape index (κ2) is 10.9. The fourth-order valence-electron chi connectivity index (χ4n) is 3.71. The quantitative estimate of drug-likeness (QED) is 0.676. The first-order chi connectivity index (χ1) is 15.2. The predicted octanol–water partition coefficient (Wildman–Crippen LogP) is 2.82. The number of anilines is 1. The lowest BCUT2D eigenvalue weighted by Crippen LogP contribution is -2.47. The molecule has 1 aliphatic rings. The molecule has 0 saturated heterocycles. The number of methoxy groups -OCH3 is 1. The van der Waals surface area contributed by atoms with Crippen molar-refractivity contribution in [3.05, 3.63) is 23.8 Å². The van der Waals surface area contributed by atoms with E-state index in [0.29, 0.717) is 6.54 Å². The number of hydrogen-bond acceptors (Lipinski definition) is 6. The van der Waals surface area contributed by atoms with E-state index in [1.807, 2.05) is 6.92 Å². The van der Waals surface area contributed by atoms with E-state index >= 15 is 0 Å². The van der Waals surface area contributed by atoms with Gasteiger partial charge in [0.25, 0.3) is 5.91 Å². The number of amides is 1. The summed E-state index contributed by atoms with van der Waals surface area (Å²) in [7, 11) is -0.483. The van der Waals surface area contributed by atoms with Gasteiger partial charge in [-0.2, -0.15) is 13.2 Å². The summed E-state index contributed by atoms with van der Waals surface area (Å²) in [6, 6.07) is 3.95. The van der Waals surface area contributed by atoms with Crippen molar-refractivity contribution in [2.24, 2.45) is 5.92 Å². The van der Waals surface area contributed by atoms with Crippen molar-refractivity contribution < 1.29 is 35.9 Å². The Morgan fingerprint density at radius 2 is 1.91 bits per heavy atom. The van der Waals surface area contributed by atoms with Crippen LogP contribution in [0.5, 0.6) is 5.75 Å². The van der Waals surface area contributed by atoms with Gasteiger partial charge in [-0.05, 0) is 31.0 Å². The van der Waals surface area contributed by atoms with E-state index in [0.717, 1.165) is 6.26 Å². The van der Waals surface area contributed by atoms with Gasteiger partial charge in [0, 0.05) is 45.5 Å². The lowest BCUT2D eigenvalue weighted by molar-refractivity contribution is -0.140. The Hall–Kier alpha value is -2.05. The van der Waals surface area contributed by atoms with E-state index in [1.54, 1.807) is 18.9 Å². The number of carbonyl (C=O) groups is 1. The normalized spacial score (nSPS) is 23.8. The molecule has 8 nitrogen and oxygen atoms in total. The van der Waals surface area contributed by atoms with Crippen LogP contribution < -0.4 is 9.46 Å². The number of ether oxygens (including phenoxy) is 2. The van der Waals surface area contributed by atoms with Gasteiger partial charge in [-0.25, -0.2) is 8.42 Å². The van der Waals surface area contributed by atoms with Crippen LogP contribution in [0.2, 0.25) is 0 Å². The Morgan fingerprint density at radius 1 is 1.24 bits per heavy atom. The molecule has 1 amide bonds. The molecule has 0 saturated carbocycles. The van der Waals surface area contributed by atoms with Crippen molar-refractivity contribution >= 4 is 21.6 Å². The summed E-state index contributed by atoms with van der Waals surface area (Å²) < 4.78 is 75.7. The molecule has 188 valence electrons. The van der Waals surface area contributed by atoms with Crippen molar-refractivity contribution in [2.45, 2.75) is 38.6 Å². The molecule has 0 fully saturated rings. The molecule has 0 aliphatic carbocycles. The van der Waals surface area contributed by atoms with E-state index in [9.17, 15) is 26.4 Å². The summed E-state index contributed by atoms with van der Waals surface area (Å²) >= 11 is 0. The van der Waals surface area contributed by atoms with Gasteiger partial charge in [0.1, 0.15) is 12.4 Å². The average Bonchev–Trinajstić information content (AvgIpc) is 2.70. The average molecular weight is 496 g/mol. The van der Waals surface area contributed by atoms with Crippen molar-refractivity contribution in [3.63, 3.8) is 0 Å². The summed E-state index contributed by atoms with van der Waals surface area (Å²) in [4.78, 5) is 16.3. The van der Waals surface area contributed by atoms with Gasteiger partial charge in [0.15, 0.2) is 0 Å². The number of benzene rings is 1. The highest BCUT2D eigenvalue weighted by Gasteiger charge is 2.32. The number of nitrogens with one attached hydrogen (secondary N) is 1. The highest BCUT2D eigenvalue weighted by molar-refractivity contribution is 7.92. The Balaban J connectivity index is 2.42. The molecule has 1 N–H and O–H groups in total. The van der Waals surface area contributed by atoms with Crippen LogP contribution in [0.15, 0.2) is 18.2 Å². The Labute approximate surface area is 193 Å². The van der Waals surface area contributed by atoms with E-state index in [2.05, 4.69) is 4.72 Å². The zero-order chi connectivity index (χ0) is 25.0. The molecule has 33 heavy (non-hydrogen) atoms. The summed E-state index contributed by atoms with van der Waals surface area (Å²) in [6.45, 7) is 4.03. The number of fused-ring (bicyclic) bond motifs is 1. The number of nitrogens with zero attached hydrogens (tertiary/aromatic N) is 2. The molecule has 0 radical (unpaired) electrons. The standard InChI is InChI=1S/C21H32F3N3O5S/c1-14-11-27(9-8-21(22,23)24)15(2)13-32-18-7-6-16(25-33(5,29)30)10-17(18)20(28)26(3)12-19(14)31-4/h6-7,10,14-15,19,25H,8-9,11-13H2,1-5H3/t14-,15-,19-/m0/s1. The fourth-order valence-corrected chi connectivity index (χ4v) is 4.27. The zero-order valence-corrected chi connectivity index (χ0v) is 20.3. The predicted molar refractivity (Wildman–Crippen MR) is 119 cm³/mol. The third-order valence-electron chi connectivity index (χ3n) is 5.56. The molecular weight excluding hydrogens is 463 g/mol. The van der Waals surface area contributed by atoms with Gasteiger partial charge < -0.3 is 14.4 Å². The lowest BCUT2D eigenvalue weighted by atomic mass is 10.0. The molecule has 1 aromatic carbocycles. The minimum Gasteiger partial charge on any atom is -0.491 e. The Morgan fingerprint density at radius 3 is 2.48 bits per heavy atom. The molecular formula is C21H32F3N3O5S. The third kappa shape index (κ3) is 8.35. The maximum Gasteiger partial charge on any atom is 0.390 e. The topological polar surface area (TPSA) is 88.2 Å². The lowest BCUT2D eigenvalue weighted by Gasteiger charge is -2.36. The van der Waals surface area contributed by atoms with E-state index in [4.69, 9.17) is 9.47 Å². The SMILES string of the molecule is CO[C@H]1CN(C)C(=O)c2cc(NS(C)(=O)=O)ccc2OC[C@H](C)N(CCC(F)(F)F)C[C@@H]1C. The molecule has 0 unspecified atom stereocenters.